The van der Waals surface area contributed by atoms with E-state index in [0.717, 1.165) is 0 Å². The van der Waals surface area contributed by atoms with E-state index in [1.54, 1.807) is 18.2 Å². The van der Waals surface area contributed by atoms with E-state index in [-0.39, 0.29) is 36.2 Å². The Kier molecular flexibility index (Phi) is 8.16. The van der Waals surface area contributed by atoms with Crippen LogP contribution < -0.4 is 15.4 Å². The number of nitrogens with one attached hydrogen (secondary N) is 2. The Bertz CT molecular complexity index is 470. The molecule has 7 heteroatoms. The van der Waals surface area contributed by atoms with Crippen molar-refractivity contribution < 1.29 is 18.7 Å². The largest absolute Gasteiger partial charge is 0.486 e. The second kappa shape index (κ2) is 9.61. The van der Waals surface area contributed by atoms with Crippen LogP contribution in [0.1, 0.15) is 13.3 Å². The predicted octanol–water partition coefficient (Wildman–Crippen LogP) is 1.51. The molecule has 1 aromatic rings. The maximum atomic E-state index is 13.5. The molecule has 1 heterocycles. The molecule has 1 amide bonds. The average Bonchev–Trinajstić information content (AvgIpc) is 2.53. The van der Waals surface area contributed by atoms with E-state index in [2.05, 4.69) is 10.6 Å². The average molecular weight is 333 g/mol. The number of morpholine rings is 1. The molecule has 124 valence electrons. The van der Waals surface area contributed by atoms with Crippen molar-refractivity contribution in [2.24, 2.45) is 0 Å². The summed E-state index contributed by atoms with van der Waals surface area (Å²) >= 11 is 0. The molecule has 1 aliphatic heterocycles. The monoisotopic (exact) mass is 332 g/mol. The smallest absolute Gasteiger partial charge is 0.239 e. The highest BCUT2D eigenvalue weighted by molar-refractivity contribution is 5.85. The number of benzene rings is 1. The van der Waals surface area contributed by atoms with E-state index in [0.29, 0.717) is 32.7 Å². The van der Waals surface area contributed by atoms with Crippen LogP contribution in [0, 0.1) is 5.82 Å². The van der Waals surface area contributed by atoms with Gasteiger partial charge in [-0.25, -0.2) is 4.39 Å². The minimum atomic E-state index is -0.398. The summed E-state index contributed by atoms with van der Waals surface area (Å²) in [5, 5.41) is 5.90. The van der Waals surface area contributed by atoms with E-state index in [4.69, 9.17) is 9.47 Å². The first kappa shape index (κ1) is 18.7. The fourth-order valence-corrected chi connectivity index (χ4v) is 2.06. The maximum Gasteiger partial charge on any atom is 0.239 e. The molecule has 1 fully saturated rings. The molecule has 1 aliphatic rings. The van der Waals surface area contributed by atoms with Crippen molar-refractivity contribution in [3.05, 3.63) is 30.1 Å². The summed E-state index contributed by atoms with van der Waals surface area (Å²) in [5.41, 5.74) is 0. The lowest BCUT2D eigenvalue weighted by Gasteiger charge is -2.24. The summed E-state index contributed by atoms with van der Waals surface area (Å²) < 4.78 is 24.4. The Morgan fingerprint density at radius 1 is 1.55 bits per heavy atom. The van der Waals surface area contributed by atoms with Gasteiger partial charge in [0.05, 0.1) is 19.8 Å². The number of carbonyl (C=O) groups excluding carboxylic acids is 1. The van der Waals surface area contributed by atoms with Crippen molar-refractivity contribution in [3.8, 4) is 5.75 Å². The number of halogens is 2. The fourth-order valence-electron chi connectivity index (χ4n) is 2.06. The molecule has 0 spiro atoms. The topological polar surface area (TPSA) is 59.6 Å². The molecule has 1 saturated heterocycles. The van der Waals surface area contributed by atoms with Gasteiger partial charge in [-0.2, -0.15) is 0 Å². The molecule has 0 aromatic heterocycles. The van der Waals surface area contributed by atoms with Crippen LogP contribution in [-0.4, -0.2) is 44.4 Å². The van der Waals surface area contributed by atoms with E-state index < -0.39 is 5.82 Å². The lowest BCUT2D eigenvalue weighted by atomic mass is 10.2. The molecule has 1 aromatic carbocycles. The first-order valence-electron chi connectivity index (χ1n) is 7.20. The van der Waals surface area contributed by atoms with Gasteiger partial charge in [0.25, 0.3) is 0 Å². The normalized spacial score (nSPS) is 18.9. The van der Waals surface area contributed by atoms with Crippen LogP contribution in [0.25, 0.3) is 0 Å². The Morgan fingerprint density at radius 3 is 2.95 bits per heavy atom. The van der Waals surface area contributed by atoms with Gasteiger partial charge in [0.15, 0.2) is 11.6 Å². The van der Waals surface area contributed by atoms with Crippen molar-refractivity contribution in [1.29, 1.82) is 0 Å². The van der Waals surface area contributed by atoms with Crippen LogP contribution in [-0.2, 0) is 9.53 Å². The van der Waals surface area contributed by atoms with Gasteiger partial charge < -0.3 is 20.1 Å². The highest BCUT2D eigenvalue weighted by atomic mass is 35.5. The molecule has 0 saturated carbocycles. The Hall–Kier alpha value is -1.37. The number of para-hydroxylation sites is 1. The number of amides is 1. The van der Waals surface area contributed by atoms with Crippen LogP contribution in [0.2, 0.25) is 0 Å². The summed E-state index contributed by atoms with van der Waals surface area (Å²) in [6.45, 7) is 3.93. The van der Waals surface area contributed by atoms with Gasteiger partial charge in [-0.1, -0.05) is 19.1 Å². The third-order valence-electron chi connectivity index (χ3n) is 3.33. The van der Waals surface area contributed by atoms with Gasteiger partial charge in [0.1, 0.15) is 12.1 Å². The van der Waals surface area contributed by atoms with Crippen molar-refractivity contribution >= 4 is 18.3 Å². The molecule has 0 aliphatic carbocycles. The van der Waals surface area contributed by atoms with E-state index >= 15 is 0 Å². The van der Waals surface area contributed by atoms with Crippen molar-refractivity contribution in [3.63, 3.8) is 0 Å². The molecular weight excluding hydrogens is 311 g/mol. The number of hydrogen-bond acceptors (Lipinski definition) is 4. The number of ether oxygens (including phenoxy) is 2. The molecule has 0 bridgehead atoms. The van der Waals surface area contributed by atoms with Crippen LogP contribution in [0.3, 0.4) is 0 Å². The first-order chi connectivity index (χ1) is 10.2. The molecule has 2 N–H and O–H groups in total. The van der Waals surface area contributed by atoms with Gasteiger partial charge in [0.2, 0.25) is 5.91 Å². The second-order valence-corrected chi connectivity index (χ2v) is 4.91. The summed E-state index contributed by atoms with van der Waals surface area (Å²) in [4.78, 5) is 12.0. The van der Waals surface area contributed by atoms with Gasteiger partial charge >= 0.3 is 0 Å². The zero-order valence-electron chi connectivity index (χ0n) is 12.5. The minimum Gasteiger partial charge on any atom is -0.486 e. The Balaban J connectivity index is 0.00000242. The molecule has 2 unspecified atom stereocenters. The van der Waals surface area contributed by atoms with Crippen molar-refractivity contribution in [1.82, 2.24) is 10.6 Å². The molecule has 0 radical (unpaired) electrons. The Labute approximate surface area is 136 Å². The van der Waals surface area contributed by atoms with Gasteiger partial charge in [0, 0.05) is 6.54 Å². The number of hydrogen-bond donors (Lipinski definition) is 2. The van der Waals surface area contributed by atoms with Gasteiger partial charge in [-0.15, -0.1) is 12.4 Å². The van der Waals surface area contributed by atoms with Crippen LogP contribution in [0.15, 0.2) is 24.3 Å². The highest BCUT2D eigenvalue weighted by Gasteiger charge is 2.22. The molecule has 2 atom stereocenters. The lowest BCUT2D eigenvalue weighted by Crippen LogP contribution is -2.52. The zero-order valence-corrected chi connectivity index (χ0v) is 13.3. The van der Waals surface area contributed by atoms with Gasteiger partial charge in [-0.3, -0.25) is 4.79 Å². The van der Waals surface area contributed by atoms with Gasteiger partial charge in [-0.05, 0) is 18.6 Å². The van der Waals surface area contributed by atoms with Crippen LogP contribution >= 0.6 is 12.4 Å². The lowest BCUT2D eigenvalue weighted by molar-refractivity contribution is -0.126. The third kappa shape index (κ3) is 5.44. The van der Waals surface area contributed by atoms with Crippen LogP contribution in [0.5, 0.6) is 5.75 Å². The maximum absolute atomic E-state index is 13.5. The number of carbonyl (C=O) groups is 1. The van der Waals surface area contributed by atoms with Crippen LogP contribution in [0.4, 0.5) is 4.39 Å². The highest BCUT2D eigenvalue weighted by Crippen LogP contribution is 2.17. The zero-order chi connectivity index (χ0) is 15.1. The first-order valence-corrected chi connectivity index (χ1v) is 7.20. The summed E-state index contributed by atoms with van der Waals surface area (Å²) in [6.07, 6.45) is 0.402. The van der Waals surface area contributed by atoms with E-state index in [1.807, 2.05) is 6.92 Å². The van der Waals surface area contributed by atoms with Crippen molar-refractivity contribution in [2.45, 2.75) is 25.5 Å². The summed E-state index contributed by atoms with van der Waals surface area (Å²) in [7, 11) is 0. The quantitative estimate of drug-likeness (QED) is 0.829. The Morgan fingerprint density at radius 2 is 2.32 bits per heavy atom. The molecule has 2 rings (SSSR count). The fraction of sp³-hybridized carbons (Fsp3) is 0.533. The SMILES string of the molecule is CCC(CNC(=O)C1COCCN1)Oc1ccccc1F.Cl. The summed E-state index contributed by atoms with van der Waals surface area (Å²) in [5.74, 6) is -0.312. The van der Waals surface area contributed by atoms with E-state index in [1.165, 1.54) is 6.07 Å². The summed E-state index contributed by atoms with van der Waals surface area (Å²) in [6, 6.07) is 5.93. The van der Waals surface area contributed by atoms with Crippen molar-refractivity contribution in [2.75, 3.05) is 26.3 Å². The van der Waals surface area contributed by atoms with E-state index in [9.17, 15) is 9.18 Å². The second-order valence-electron chi connectivity index (χ2n) is 4.91. The third-order valence-corrected chi connectivity index (χ3v) is 3.33. The predicted molar refractivity (Wildman–Crippen MR) is 84.0 cm³/mol. The standard InChI is InChI=1S/C15H21FN2O3.ClH/c1-2-11(21-14-6-4-3-5-12(14)16)9-18-15(19)13-10-20-8-7-17-13;/h3-6,11,13,17H,2,7-10H2,1H3,(H,18,19);1H. The molecule has 5 nitrogen and oxygen atoms in total. The number of rotatable bonds is 6. The molecule has 22 heavy (non-hydrogen) atoms. The minimum absolute atomic E-state index is 0. The molecular formula is C15H22ClFN2O3.